The van der Waals surface area contributed by atoms with Gasteiger partial charge in [0.15, 0.2) is 0 Å². The second kappa shape index (κ2) is 7.80. The van der Waals surface area contributed by atoms with E-state index in [2.05, 4.69) is 26.8 Å². The minimum Gasteiger partial charge on any atom is -0.465 e. The van der Waals surface area contributed by atoms with Crippen molar-refractivity contribution in [1.29, 1.82) is 0 Å². The second-order valence-electron chi connectivity index (χ2n) is 6.51. The topological polar surface area (TPSA) is 52.6 Å². The largest absolute Gasteiger partial charge is 0.465 e. The Labute approximate surface area is 133 Å². The molecule has 4 atom stereocenters. The van der Waals surface area contributed by atoms with Crippen LogP contribution in [0.2, 0.25) is 0 Å². The zero-order valence-electron chi connectivity index (χ0n) is 14.0. The zero-order valence-corrected chi connectivity index (χ0v) is 14.0. The summed E-state index contributed by atoms with van der Waals surface area (Å²) in [5, 5.41) is 0. The third kappa shape index (κ3) is 3.53. The zero-order chi connectivity index (χ0) is 16.1. The number of hydrogen-bond acceptors (Lipinski definition) is 4. The summed E-state index contributed by atoms with van der Waals surface area (Å²) in [7, 11) is 0. The molecule has 0 aromatic rings. The molecule has 2 aliphatic carbocycles. The van der Waals surface area contributed by atoms with Gasteiger partial charge in [0.2, 0.25) is 0 Å². The first-order valence-corrected chi connectivity index (χ1v) is 8.61. The molecular weight excluding hydrogens is 280 g/mol. The van der Waals surface area contributed by atoms with E-state index in [9.17, 15) is 9.59 Å². The molecule has 22 heavy (non-hydrogen) atoms. The van der Waals surface area contributed by atoms with Crippen molar-refractivity contribution < 1.29 is 19.1 Å². The molecule has 124 valence electrons. The van der Waals surface area contributed by atoms with Gasteiger partial charge >= 0.3 is 11.9 Å². The van der Waals surface area contributed by atoms with Crippen molar-refractivity contribution in [2.75, 3.05) is 13.2 Å². The Kier molecular flexibility index (Phi) is 6.04. The van der Waals surface area contributed by atoms with E-state index < -0.39 is 0 Å². The number of fused-ring (bicyclic) bond motifs is 2. The van der Waals surface area contributed by atoms with E-state index in [1.807, 2.05) is 0 Å². The van der Waals surface area contributed by atoms with Crippen LogP contribution >= 0.6 is 0 Å². The van der Waals surface area contributed by atoms with E-state index in [1.165, 1.54) is 5.57 Å². The molecule has 0 aromatic carbocycles. The van der Waals surface area contributed by atoms with Crippen LogP contribution in [-0.2, 0) is 19.1 Å². The molecule has 0 spiro atoms. The Morgan fingerprint density at radius 1 is 1.05 bits per heavy atom. The lowest BCUT2D eigenvalue weighted by atomic mass is 9.80. The molecule has 1 fully saturated rings. The van der Waals surface area contributed by atoms with Crippen LogP contribution in [0.1, 0.15) is 52.9 Å². The van der Waals surface area contributed by atoms with Crippen molar-refractivity contribution in [3.05, 3.63) is 11.6 Å². The first kappa shape index (κ1) is 17.0. The van der Waals surface area contributed by atoms with E-state index in [0.29, 0.717) is 13.2 Å². The third-order valence-corrected chi connectivity index (χ3v) is 4.90. The Bertz CT molecular complexity index is 440. The van der Waals surface area contributed by atoms with Crippen LogP contribution in [0, 0.1) is 23.7 Å². The van der Waals surface area contributed by atoms with Gasteiger partial charge in [-0.1, -0.05) is 38.3 Å². The summed E-state index contributed by atoms with van der Waals surface area (Å²) in [4.78, 5) is 24.8. The summed E-state index contributed by atoms with van der Waals surface area (Å²) < 4.78 is 10.8. The molecule has 0 aliphatic heterocycles. The van der Waals surface area contributed by atoms with Crippen molar-refractivity contribution >= 4 is 11.9 Å². The van der Waals surface area contributed by atoms with Crippen LogP contribution in [0.3, 0.4) is 0 Å². The van der Waals surface area contributed by atoms with E-state index >= 15 is 0 Å². The minimum atomic E-state index is -0.348. The molecule has 0 saturated heterocycles. The van der Waals surface area contributed by atoms with Crippen molar-refractivity contribution in [2.24, 2.45) is 23.7 Å². The lowest BCUT2D eigenvalue weighted by molar-refractivity contribution is -0.161. The van der Waals surface area contributed by atoms with Gasteiger partial charge in [-0.2, -0.15) is 0 Å². The van der Waals surface area contributed by atoms with Crippen LogP contribution in [0.5, 0.6) is 0 Å². The Hall–Kier alpha value is -1.32. The van der Waals surface area contributed by atoms with E-state index in [-0.39, 0.29) is 35.6 Å². The molecule has 0 N–H and O–H groups in total. The molecule has 0 aromatic heterocycles. The standard InChI is InChI=1S/C18H28O4/c1-4-6-8-21-17(19)15-13-10-12(3)14(11-13)16(15)18(20)22-9-7-5-2/h10,13-16H,4-9,11H2,1-3H3. The highest BCUT2D eigenvalue weighted by Gasteiger charge is 2.54. The van der Waals surface area contributed by atoms with Crippen molar-refractivity contribution in [3.63, 3.8) is 0 Å². The molecule has 0 amide bonds. The number of carbonyl (C=O) groups is 2. The molecule has 4 unspecified atom stereocenters. The summed E-state index contributed by atoms with van der Waals surface area (Å²) >= 11 is 0. The maximum Gasteiger partial charge on any atom is 0.310 e. The normalized spacial score (nSPS) is 29.3. The monoisotopic (exact) mass is 308 g/mol. The lowest BCUT2D eigenvalue weighted by Crippen LogP contribution is -2.36. The van der Waals surface area contributed by atoms with E-state index in [0.717, 1.165) is 32.1 Å². The van der Waals surface area contributed by atoms with Gasteiger partial charge in [0.05, 0.1) is 25.0 Å². The van der Waals surface area contributed by atoms with Crippen LogP contribution in [0.4, 0.5) is 0 Å². The van der Waals surface area contributed by atoms with Crippen LogP contribution < -0.4 is 0 Å². The minimum absolute atomic E-state index is 0.142. The van der Waals surface area contributed by atoms with Gasteiger partial charge in [0.1, 0.15) is 0 Å². The molecule has 0 heterocycles. The van der Waals surface area contributed by atoms with Gasteiger partial charge in [-0.15, -0.1) is 0 Å². The number of unbranched alkanes of at least 4 members (excludes halogenated alkanes) is 2. The summed E-state index contributed by atoms with van der Waals surface area (Å²) in [5.41, 5.74) is 1.22. The average Bonchev–Trinajstić information content (AvgIpc) is 3.04. The second-order valence-corrected chi connectivity index (χ2v) is 6.51. The van der Waals surface area contributed by atoms with Gasteiger partial charge in [-0.05, 0) is 38.0 Å². The lowest BCUT2D eigenvalue weighted by Gasteiger charge is -2.27. The first-order chi connectivity index (χ1) is 10.6. The number of allylic oxidation sites excluding steroid dienone is 2. The summed E-state index contributed by atoms with van der Waals surface area (Å²) in [5.74, 6) is -0.834. The summed E-state index contributed by atoms with van der Waals surface area (Å²) in [6.45, 7) is 7.07. The van der Waals surface area contributed by atoms with Crippen molar-refractivity contribution in [1.82, 2.24) is 0 Å². The Balaban J connectivity index is 2.02. The number of carbonyl (C=O) groups excluding carboxylic acids is 2. The molecule has 2 rings (SSSR count). The number of rotatable bonds is 8. The Morgan fingerprint density at radius 3 is 2.14 bits per heavy atom. The predicted octanol–water partition coefficient (Wildman–Crippen LogP) is 3.50. The smallest absolute Gasteiger partial charge is 0.310 e. The Morgan fingerprint density at radius 2 is 1.59 bits per heavy atom. The van der Waals surface area contributed by atoms with Gasteiger partial charge in [-0.3, -0.25) is 9.59 Å². The maximum absolute atomic E-state index is 12.4. The molecule has 4 nitrogen and oxygen atoms in total. The van der Waals surface area contributed by atoms with Gasteiger partial charge in [0.25, 0.3) is 0 Å². The van der Waals surface area contributed by atoms with Crippen LogP contribution in [0.15, 0.2) is 11.6 Å². The van der Waals surface area contributed by atoms with Crippen LogP contribution in [0.25, 0.3) is 0 Å². The highest BCUT2D eigenvalue weighted by molar-refractivity contribution is 5.84. The summed E-state index contributed by atoms with van der Waals surface area (Å²) in [6, 6.07) is 0. The number of ether oxygens (including phenoxy) is 2. The van der Waals surface area contributed by atoms with E-state index in [4.69, 9.17) is 9.47 Å². The molecule has 0 radical (unpaired) electrons. The fourth-order valence-electron chi connectivity index (χ4n) is 3.66. The summed E-state index contributed by atoms with van der Waals surface area (Å²) in [6.07, 6.45) is 6.75. The van der Waals surface area contributed by atoms with Crippen molar-refractivity contribution in [2.45, 2.75) is 52.9 Å². The SMILES string of the molecule is CCCCOC(=O)C1C2C=C(C)C(C2)C1C(=O)OCCCC. The van der Waals surface area contributed by atoms with Crippen molar-refractivity contribution in [3.8, 4) is 0 Å². The number of hydrogen-bond donors (Lipinski definition) is 0. The fraction of sp³-hybridized carbons (Fsp3) is 0.778. The molecular formula is C18H28O4. The fourth-order valence-corrected chi connectivity index (χ4v) is 3.66. The van der Waals surface area contributed by atoms with Gasteiger partial charge in [-0.25, -0.2) is 0 Å². The highest BCUT2D eigenvalue weighted by atomic mass is 16.5. The molecule has 1 saturated carbocycles. The van der Waals surface area contributed by atoms with E-state index in [1.54, 1.807) is 0 Å². The maximum atomic E-state index is 12.4. The molecule has 4 heteroatoms. The van der Waals surface area contributed by atoms with Crippen LogP contribution in [-0.4, -0.2) is 25.2 Å². The quantitative estimate of drug-likeness (QED) is 0.391. The first-order valence-electron chi connectivity index (χ1n) is 8.61. The predicted molar refractivity (Wildman–Crippen MR) is 84.1 cm³/mol. The molecule has 2 aliphatic rings. The molecule has 2 bridgehead atoms. The number of esters is 2. The third-order valence-electron chi connectivity index (χ3n) is 4.90. The van der Waals surface area contributed by atoms with Gasteiger partial charge < -0.3 is 9.47 Å². The van der Waals surface area contributed by atoms with Gasteiger partial charge in [0, 0.05) is 0 Å². The highest BCUT2D eigenvalue weighted by Crippen LogP contribution is 2.52. The average molecular weight is 308 g/mol.